The van der Waals surface area contributed by atoms with Crippen molar-refractivity contribution in [3.63, 3.8) is 0 Å². The zero-order chi connectivity index (χ0) is 18.7. The van der Waals surface area contributed by atoms with Crippen molar-refractivity contribution in [1.82, 2.24) is 10.2 Å². The van der Waals surface area contributed by atoms with Crippen LogP contribution in [-0.4, -0.2) is 43.3 Å². The molecule has 3 rings (SSSR count). The van der Waals surface area contributed by atoms with Gasteiger partial charge in [-0.05, 0) is 48.8 Å². The number of ether oxygens (including phenoxy) is 3. The average Bonchev–Trinajstić information content (AvgIpc) is 2.94. The molecule has 140 valence electrons. The topological polar surface area (TPSA) is 60.0 Å². The van der Waals surface area contributed by atoms with Gasteiger partial charge in [0.1, 0.15) is 5.70 Å². The number of rotatable bonds is 5. The van der Waals surface area contributed by atoms with Gasteiger partial charge in [-0.15, -0.1) is 0 Å². The minimum absolute atomic E-state index is 0.0735. The van der Waals surface area contributed by atoms with E-state index in [0.29, 0.717) is 28.1 Å². The molecule has 0 aromatic heterocycles. The largest absolute Gasteiger partial charge is 0.493 e. The van der Waals surface area contributed by atoms with Gasteiger partial charge in [0.15, 0.2) is 16.6 Å². The van der Waals surface area contributed by atoms with Gasteiger partial charge in [-0.25, -0.2) is 0 Å². The Bertz CT molecular complexity index is 716. The molecule has 1 saturated heterocycles. The second kappa shape index (κ2) is 7.95. The number of thiocarbonyl (C=S) groups is 1. The van der Waals surface area contributed by atoms with Crippen molar-refractivity contribution in [3.05, 3.63) is 23.4 Å². The standard InChI is InChI=1S/C19H24N2O4S/c1-23-15-10-12(11-16(24-2)17(15)25-3)9-14-18(22)21(19(26)20-14)13-7-5-4-6-8-13/h9-11,13H,4-8H2,1-3H3,(H,20,26)/b14-9-. The van der Waals surface area contributed by atoms with Crippen LogP contribution in [-0.2, 0) is 4.79 Å². The second-order valence-electron chi connectivity index (χ2n) is 6.41. The summed E-state index contributed by atoms with van der Waals surface area (Å²) >= 11 is 5.41. The van der Waals surface area contributed by atoms with Gasteiger partial charge in [0.2, 0.25) is 5.75 Å². The number of amides is 1. The van der Waals surface area contributed by atoms with E-state index in [-0.39, 0.29) is 11.9 Å². The molecule has 0 bridgehead atoms. The Kier molecular flexibility index (Phi) is 5.66. The summed E-state index contributed by atoms with van der Waals surface area (Å²) in [6, 6.07) is 3.80. The van der Waals surface area contributed by atoms with Crippen molar-refractivity contribution in [2.45, 2.75) is 38.1 Å². The van der Waals surface area contributed by atoms with Crippen LogP contribution >= 0.6 is 12.2 Å². The number of carbonyl (C=O) groups excluding carboxylic acids is 1. The van der Waals surface area contributed by atoms with E-state index < -0.39 is 0 Å². The predicted octanol–water partition coefficient (Wildman–Crippen LogP) is 3.10. The third-order valence-electron chi connectivity index (χ3n) is 4.85. The molecule has 0 unspecified atom stereocenters. The van der Waals surface area contributed by atoms with Crippen LogP contribution in [0.25, 0.3) is 6.08 Å². The summed E-state index contributed by atoms with van der Waals surface area (Å²) in [6.45, 7) is 0. The Morgan fingerprint density at radius 1 is 1.08 bits per heavy atom. The molecule has 1 saturated carbocycles. The van der Waals surface area contributed by atoms with Crippen molar-refractivity contribution >= 4 is 29.3 Å². The highest BCUT2D eigenvalue weighted by atomic mass is 32.1. The molecule has 1 aliphatic heterocycles. The van der Waals surface area contributed by atoms with Crippen LogP contribution in [0, 0.1) is 0 Å². The van der Waals surface area contributed by atoms with Crippen molar-refractivity contribution in [2.75, 3.05) is 21.3 Å². The summed E-state index contributed by atoms with van der Waals surface area (Å²) in [5, 5.41) is 3.55. The first-order chi connectivity index (χ1) is 12.6. The lowest BCUT2D eigenvalue weighted by Crippen LogP contribution is -2.41. The van der Waals surface area contributed by atoms with Gasteiger partial charge in [-0.3, -0.25) is 9.69 Å². The fraction of sp³-hybridized carbons (Fsp3) is 0.474. The van der Waals surface area contributed by atoms with E-state index in [0.717, 1.165) is 31.2 Å². The van der Waals surface area contributed by atoms with Crippen molar-refractivity contribution in [3.8, 4) is 17.2 Å². The van der Waals surface area contributed by atoms with E-state index >= 15 is 0 Å². The highest BCUT2D eigenvalue weighted by Crippen LogP contribution is 2.39. The highest BCUT2D eigenvalue weighted by Gasteiger charge is 2.36. The molecule has 2 aliphatic rings. The third kappa shape index (κ3) is 3.49. The highest BCUT2D eigenvalue weighted by molar-refractivity contribution is 7.80. The Balaban J connectivity index is 1.90. The molecular weight excluding hydrogens is 352 g/mol. The van der Waals surface area contributed by atoms with E-state index in [4.69, 9.17) is 26.4 Å². The fourth-order valence-electron chi connectivity index (χ4n) is 3.57. The molecule has 1 aromatic rings. The van der Waals surface area contributed by atoms with Gasteiger partial charge in [0.25, 0.3) is 5.91 Å². The quantitative estimate of drug-likeness (QED) is 0.629. The van der Waals surface area contributed by atoms with Crippen LogP contribution in [0.4, 0.5) is 0 Å². The molecule has 0 radical (unpaired) electrons. The first-order valence-electron chi connectivity index (χ1n) is 8.75. The van der Waals surface area contributed by atoms with Gasteiger partial charge in [0.05, 0.1) is 21.3 Å². The molecule has 1 heterocycles. The smallest absolute Gasteiger partial charge is 0.276 e. The summed E-state index contributed by atoms with van der Waals surface area (Å²) in [4.78, 5) is 14.6. The van der Waals surface area contributed by atoms with Crippen LogP contribution in [0.5, 0.6) is 17.2 Å². The van der Waals surface area contributed by atoms with Gasteiger partial charge >= 0.3 is 0 Å². The van der Waals surface area contributed by atoms with E-state index in [1.54, 1.807) is 44.4 Å². The van der Waals surface area contributed by atoms with Crippen LogP contribution in [0.2, 0.25) is 0 Å². The summed E-state index contributed by atoms with van der Waals surface area (Å²) in [7, 11) is 4.68. The molecule has 1 aromatic carbocycles. The Morgan fingerprint density at radius 2 is 1.69 bits per heavy atom. The number of methoxy groups -OCH3 is 3. The lowest BCUT2D eigenvalue weighted by atomic mass is 9.94. The maximum absolute atomic E-state index is 12.9. The third-order valence-corrected chi connectivity index (χ3v) is 5.15. The normalized spacial score (nSPS) is 19.7. The summed E-state index contributed by atoms with van der Waals surface area (Å²) in [6.07, 6.45) is 7.29. The van der Waals surface area contributed by atoms with Crippen LogP contribution in [0.3, 0.4) is 0 Å². The molecule has 7 heteroatoms. The molecule has 1 amide bonds. The van der Waals surface area contributed by atoms with Crippen molar-refractivity contribution in [2.24, 2.45) is 0 Å². The number of hydrogen-bond donors (Lipinski definition) is 1. The first-order valence-corrected chi connectivity index (χ1v) is 9.16. The molecule has 26 heavy (non-hydrogen) atoms. The maximum atomic E-state index is 12.9. The Labute approximate surface area is 159 Å². The SMILES string of the molecule is COc1cc(/C=C2\NC(=S)N(C3CCCCC3)C2=O)cc(OC)c1OC. The lowest BCUT2D eigenvalue weighted by Gasteiger charge is -2.29. The average molecular weight is 376 g/mol. The first kappa shape index (κ1) is 18.5. The maximum Gasteiger partial charge on any atom is 0.276 e. The number of nitrogens with zero attached hydrogens (tertiary/aromatic N) is 1. The van der Waals surface area contributed by atoms with E-state index in [2.05, 4.69) is 5.32 Å². The zero-order valence-corrected chi connectivity index (χ0v) is 16.1. The Hall–Kier alpha value is -2.28. The molecule has 6 nitrogen and oxygen atoms in total. The summed E-state index contributed by atoms with van der Waals surface area (Å²) in [5.74, 6) is 1.52. The van der Waals surface area contributed by atoms with Crippen molar-refractivity contribution in [1.29, 1.82) is 0 Å². The molecule has 2 fully saturated rings. The zero-order valence-electron chi connectivity index (χ0n) is 15.3. The Morgan fingerprint density at radius 3 is 2.23 bits per heavy atom. The van der Waals surface area contributed by atoms with Crippen LogP contribution in [0.1, 0.15) is 37.7 Å². The van der Waals surface area contributed by atoms with Gasteiger partial charge in [0, 0.05) is 6.04 Å². The van der Waals surface area contributed by atoms with E-state index in [1.165, 1.54) is 6.42 Å². The van der Waals surface area contributed by atoms with E-state index in [1.807, 2.05) is 0 Å². The monoisotopic (exact) mass is 376 g/mol. The molecule has 1 N–H and O–H groups in total. The van der Waals surface area contributed by atoms with Crippen LogP contribution < -0.4 is 19.5 Å². The molecular formula is C19H24N2O4S. The number of hydrogen-bond acceptors (Lipinski definition) is 5. The van der Waals surface area contributed by atoms with Gasteiger partial charge < -0.3 is 19.5 Å². The van der Waals surface area contributed by atoms with Gasteiger partial charge in [-0.2, -0.15) is 0 Å². The van der Waals surface area contributed by atoms with Crippen molar-refractivity contribution < 1.29 is 19.0 Å². The fourth-order valence-corrected chi connectivity index (χ4v) is 3.91. The predicted molar refractivity (Wildman–Crippen MR) is 104 cm³/mol. The second-order valence-corrected chi connectivity index (χ2v) is 6.80. The summed E-state index contributed by atoms with van der Waals surface area (Å²) in [5.41, 5.74) is 1.23. The number of nitrogens with one attached hydrogen (secondary N) is 1. The molecule has 0 spiro atoms. The minimum Gasteiger partial charge on any atom is -0.493 e. The van der Waals surface area contributed by atoms with E-state index in [9.17, 15) is 4.79 Å². The van der Waals surface area contributed by atoms with Crippen LogP contribution in [0.15, 0.2) is 17.8 Å². The lowest BCUT2D eigenvalue weighted by molar-refractivity contribution is -0.124. The van der Waals surface area contributed by atoms with Gasteiger partial charge in [-0.1, -0.05) is 19.3 Å². The minimum atomic E-state index is -0.0735. The summed E-state index contributed by atoms with van der Waals surface area (Å²) < 4.78 is 16.1. The molecule has 1 aliphatic carbocycles. The number of benzene rings is 1. The molecule has 0 atom stereocenters. The number of carbonyl (C=O) groups is 1.